The number of hydrogen-bond donors (Lipinski definition) is 1. The lowest BCUT2D eigenvalue weighted by Gasteiger charge is -2.29. The number of nitriles is 1. The number of nitrogens with one attached hydrogen (secondary N) is 1. The summed E-state index contributed by atoms with van der Waals surface area (Å²) in [4.78, 5) is 0. The molecule has 1 aliphatic rings. The first-order valence-electron chi connectivity index (χ1n) is 7.52. The molecule has 2 nitrogen and oxygen atoms in total. The second kappa shape index (κ2) is 7.15. The maximum atomic E-state index is 9.80. The molecule has 1 aliphatic carbocycles. The van der Waals surface area contributed by atoms with E-state index < -0.39 is 5.54 Å². The number of hydrogen-bond acceptors (Lipinski definition) is 3. The van der Waals surface area contributed by atoms with Gasteiger partial charge in [0.05, 0.1) is 6.07 Å². The minimum Gasteiger partial charge on any atom is -0.292 e. The standard InChI is InChI=1S/C17H24N2S/c1-3-14(2)11-20-13-17(12-18,19-16-9-10-16)15-7-5-4-6-8-15/h4-8,14,16,19H,3,9-11,13H2,1-2H3. The first-order chi connectivity index (χ1) is 9.70. The van der Waals surface area contributed by atoms with Gasteiger partial charge in [-0.2, -0.15) is 17.0 Å². The van der Waals surface area contributed by atoms with E-state index in [0.717, 1.165) is 17.1 Å². The summed E-state index contributed by atoms with van der Waals surface area (Å²) < 4.78 is 0. The van der Waals surface area contributed by atoms with Crippen LogP contribution in [0.5, 0.6) is 0 Å². The topological polar surface area (TPSA) is 35.8 Å². The van der Waals surface area contributed by atoms with Crippen LogP contribution in [0.1, 0.15) is 38.7 Å². The highest BCUT2D eigenvalue weighted by atomic mass is 32.2. The molecule has 2 unspecified atom stereocenters. The molecule has 0 aliphatic heterocycles. The molecule has 2 rings (SSSR count). The van der Waals surface area contributed by atoms with Crippen molar-refractivity contribution in [3.8, 4) is 6.07 Å². The van der Waals surface area contributed by atoms with Gasteiger partial charge in [-0.1, -0.05) is 50.6 Å². The molecule has 0 amide bonds. The molecule has 1 N–H and O–H groups in total. The van der Waals surface area contributed by atoms with E-state index in [4.69, 9.17) is 0 Å². The summed E-state index contributed by atoms with van der Waals surface area (Å²) in [5.41, 5.74) is 0.576. The molecule has 0 bridgehead atoms. The maximum Gasteiger partial charge on any atom is 0.141 e. The second-order valence-electron chi connectivity index (χ2n) is 5.83. The molecule has 1 aromatic carbocycles. The second-order valence-corrected chi connectivity index (χ2v) is 6.86. The zero-order chi connectivity index (χ0) is 14.4. The van der Waals surface area contributed by atoms with Crippen LogP contribution in [-0.2, 0) is 5.54 Å². The van der Waals surface area contributed by atoms with E-state index in [-0.39, 0.29) is 0 Å². The quantitative estimate of drug-likeness (QED) is 0.787. The Bertz CT molecular complexity index is 450. The third kappa shape index (κ3) is 4.01. The number of thioether (sulfide) groups is 1. The zero-order valence-corrected chi connectivity index (χ0v) is 13.2. The van der Waals surface area contributed by atoms with Gasteiger partial charge in [-0.05, 0) is 30.1 Å². The molecular weight excluding hydrogens is 264 g/mol. The van der Waals surface area contributed by atoms with Gasteiger partial charge >= 0.3 is 0 Å². The average molecular weight is 288 g/mol. The zero-order valence-electron chi connectivity index (χ0n) is 12.4. The molecule has 1 fully saturated rings. The molecule has 0 radical (unpaired) electrons. The van der Waals surface area contributed by atoms with E-state index in [1.54, 1.807) is 0 Å². The minimum absolute atomic E-state index is 0.527. The van der Waals surface area contributed by atoms with Crippen LogP contribution in [0.3, 0.4) is 0 Å². The lowest BCUT2D eigenvalue weighted by molar-refractivity contribution is 0.469. The Morgan fingerprint density at radius 1 is 1.40 bits per heavy atom. The van der Waals surface area contributed by atoms with Crippen LogP contribution in [0.4, 0.5) is 0 Å². The monoisotopic (exact) mass is 288 g/mol. The Morgan fingerprint density at radius 3 is 2.65 bits per heavy atom. The summed E-state index contributed by atoms with van der Waals surface area (Å²) in [6, 6.07) is 13.3. The van der Waals surface area contributed by atoms with E-state index in [0.29, 0.717) is 12.0 Å². The molecular formula is C17H24N2S. The van der Waals surface area contributed by atoms with Crippen LogP contribution >= 0.6 is 11.8 Å². The normalized spacial score (nSPS) is 19.1. The van der Waals surface area contributed by atoms with Crippen LogP contribution in [0, 0.1) is 17.2 Å². The van der Waals surface area contributed by atoms with Gasteiger partial charge in [-0.25, -0.2) is 0 Å². The number of nitrogens with zero attached hydrogens (tertiary/aromatic N) is 1. The van der Waals surface area contributed by atoms with Crippen molar-refractivity contribution in [2.45, 2.75) is 44.7 Å². The molecule has 3 heteroatoms. The van der Waals surface area contributed by atoms with Crippen LogP contribution in [0.25, 0.3) is 0 Å². The smallest absolute Gasteiger partial charge is 0.141 e. The van der Waals surface area contributed by atoms with Crippen LogP contribution in [0.2, 0.25) is 0 Å². The fraction of sp³-hybridized carbons (Fsp3) is 0.588. The van der Waals surface area contributed by atoms with Gasteiger partial charge in [0.15, 0.2) is 0 Å². The molecule has 0 heterocycles. The molecule has 0 aromatic heterocycles. The van der Waals surface area contributed by atoms with Crippen LogP contribution < -0.4 is 5.32 Å². The van der Waals surface area contributed by atoms with E-state index in [1.807, 2.05) is 30.0 Å². The Balaban J connectivity index is 2.09. The first kappa shape index (κ1) is 15.4. The molecule has 1 aromatic rings. The highest BCUT2D eigenvalue weighted by Crippen LogP contribution is 2.31. The van der Waals surface area contributed by atoms with Gasteiger partial charge in [0.25, 0.3) is 0 Å². The van der Waals surface area contributed by atoms with Crippen molar-refractivity contribution in [1.82, 2.24) is 5.32 Å². The SMILES string of the molecule is CCC(C)CSCC(C#N)(NC1CC1)c1ccccc1. The van der Waals surface area contributed by atoms with Crippen molar-refractivity contribution in [3.63, 3.8) is 0 Å². The van der Waals surface area contributed by atoms with Crippen molar-refractivity contribution < 1.29 is 0 Å². The van der Waals surface area contributed by atoms with E-state index >= 15 is 0 Å². The number of benzene rings is 1. The molecule has 20 heavy (non-hydrogen) atoms. The molecule has 0 spiro atoms. The molecule has 1 saturated carbocycles. The average Bonchev–Trinajstić information content (AvgIpc) is 3.30. The van der Waals surface area contributed by atoms with Gasteiger partial charge < -0.3 is 0 Å². The Hall–Kier alpha value is -0.980. The van der Waals surface area contributed by atoms with Gasteiger partial charge in [0.2, 0.25) is 0 Å². The molecule has 2 atom stereocenters. The third-order valence-electron chi connectivity index (χ3n) is 3.90. The van der Waals surface area contributed by atoms with Gasteiger partial charge in [-0.3, -0.25) is 5.32 Å². The number of rotatable bonds is 8. The highest BCUT2D eigenvalue weighted by molar-refractivity contribution is 7.99. The van der Waals surface area contributed by atoms with Gasteiger partial charge in [0.1, 0.15) is 5.54 Å². The summed E-state index contributed by atoms with van der Waals surface area (Å²) in [6.07, 6.45) is 3.60. The lowest BCUT2D eigenvalue weighted by Crippen LogP contribution is -2.45. The van der Waals surface area contributed by atoms with Gasteiger partial charge in [-0.15, -0.1) is 0 Å². The largest absolute Gasteiger partial charge is 0.292 e. The first-order valence-corrected chi connectivity index (χ1v) is 8.68. The van der Waals surface area contributed by atoms with Crippen molar-refractivity contribution >= 4 is 11.8 Å². The summed E-state index contributed by atoms with van der Waals surface area (Å²) in [6.45, 7) is 4.50. The fourth-order valence-corrected chi connectivity index (χ4v) is 3.54. The highest BCUT2D eigenvalue weighted by Gasteiger charge is 2.37. The summed E-state index contributed by atoms with van der Waals surface area (Å²) >= 11 is 1.90. The van der Waals surface area contributed by atoms with Gasteiger partial charge in [0, 0.05) is 11.8 Å². The van der Waals surface area contributed by atoms with Crippen molar-refractivity contribution in [2.75, 3.05) is 11.5 Å². The summed E-state index contributed by atoms with van der Waals surface area (Å²) in [5.74, 6) is 2.67. The third-order valence-corrected chi connectivity index (χ3v) is 5.35. The predicted octanol–water partition coefficient (Wildman–Crippen LogP) is 3.94. The minimum atomic E-state index is -0.527. The van der Waals surface area contributed by atoms with Crippen molar-refractivity contribution in [3.05, 3.63) is 35.9 Å². The van der Waals surface area contributed by atoms with E-state index in [2.05, 4.69) is 37.4 Å². The molecule has 0 saturated heterocycles. The Morgan fingerprint density at radius 2 is 2.10 bits per heavy atom. The Labute approximate surface area is 127 Å². The van der Waals surface area contributed by atoms with Crippen LogP contribution in [-0.4, -0.2) is 17.5 Å². The fourth-order valence-electron chi connectivity index (χ4n) is 2.17. The van der Waals surface area contributed by atoms with Crippen molar-refractivity contribution in [2.24, 2.45) is 5.92 Å². The summed E-state index contributed by atoms with van der Waals surface area (Å²) in [5, 5.41) is 13.4. The predicted molar refractivity (Wildman–Crippen MR) is 86.7 cm³/mol. The lowest BCUT2D eigenvalue weighted by atomic mass is 9.93. The Kier molecular flexibility index (Phi) is 5.51. The molecule has 108 valence electrons. The van der Waals surface area contributed by atoms with Crippen LogP contribution in [0.15, 0.2) is 30.3 Å². The van der Waals surface area contributed by atoms with E-state index in [1.165, 1.54) is 19.3 Å². The maximum absolute atomic E-state index is 9.80. The van der Waals surface area contributed by atoms with E-state index in [9.17, 15) is 5.26 Å². The summed E-state index contributed by atoms with van der Waals surface area (Å²) in [7, 11) is 0. The van der Waals surface area contributed by atoms with Crippen molar-refractivity contribution in [1.29, 1.82) is 5.26 Å².